The first kappa shape index (κ1) is 32.3. The molecule has 4 saturated carbocycles. The predicted octanol–water partition coefficient (Wildman–Crippen LogP) is 8.22. The van der Waals surface area contributed by atoms with Gasteiger partial charge in [-0.3, -0.25) is 14.6 Å². The van der Waals surface area contributed by atoms with Crippen LogP contribution in [-0.2, 0) is 9.59 Å². The number of carbonyl (C=O) groups excluding carboxylic acids is 2. The first-order chi connectivity index (χ1) is 21.6. The second-order valence-electron chi connectivity index (χ2n) is 18.5. The molecule has 8 atom stereocenters. The number of likely N-dealkylation sites (N-methyl/N-ethyl adjacent to an activating group) is 1. The third-order valence-electron chi connectivity index (χ3n) is 15.8. The SMILES string of the molecule is CN1CCN(C(=O)[C@@]2(C)CC[C@]3(C)CC[C@]4(C)C(=CC[C@@H]5[C@@]6(C)C/C(=C/c7cccnc7)C(=O)C(C)(C)[C@@H]6CC[C@]54C)[C@@H]3C2)CC1. The molecule has 2 heterocycles. The number of allylic oxidation sites excluding steroid dienone is 3. The highest BCUT2D eigenvalue weighted by molar-refractivity contribution is 6.04. The van der Waals surface area contributed by atoms with Gasteiger partial charge in [0.05, 0.1) is 0 Å². The molecule has 0 radical (unpaired) electrons. The number of piperazine rings is 1. The Morgan fingerprint density at radius 2 is 1.65 bits per heavy atom. The number of ketones is 1. The Balaban J connectivity index is 1.24. The zero-order valence-corrected chi connectivity index (χ0v) is 30.0. The summed E-state index contributed by atoms with van der Waals surface area (Å²) in [5, 5.41) is 0. The molecule has 1 saturated heterocycles. The van der Waals surface area contributed by atoms with Crippen molar-refractivity contribution in [3.05, 3.63) is 47.3 Å². The van der Waals surface area contributed by atoms with Crippen molar-refractivity contribution in [1.29, 1.82) is 0 Å². The average Bonchev–Trinajstić information content (AvgIpc) is 3.01. The molecular formula is C41H59N3O2. The quantitative estimate of drug-likeness (QED) is 0.246. The summed E-state index contributed by atoms with van der Waals surface area (Å²) in [5.41, 5.74) is 3.64. The monoisotopic (exact) mass is 625 g/mol. The largest absolute Gasteiger partial charge is 0.340 e. The second-order valence-corrected chi connectivity index (χ2v) is 18.5. The summed E-state index contributed by atoms with van der Waals surface area (Å²) in [6, 6.07) is 4.04. The average molecular weight is 626 g/mol. The molecule has 46 heavy (non-hydrogen) atoms. The number of hydrogen-bond acceptors (Lipinski definition) is 4. The Kier molecular flexibility index (Phi) is 7.45. The van der Waals surface area contributed by atoms with Gasteiger partial charge in [0, 0.05) is 49.4 Å². The van der Waals surface area contributed by atoms with Gasteiger partial charge in [0.2, 0.25) is 5.91 Å². The van der Waals surface area contributed by atoms with Crippen LogP contribution < -0.4 is 0 Å². The maximum absolute atomic E-state index is 14.2. The van der Waals surface area contributed by atoms with Crippen molar-refractivity contribution >= 4 is 17.8 Å². The van der Waals surface area contributed by atoms with Crippen LogP contribution in [0.5, 0.6) is 0 Å². The van der Waals surface area contributed by atoms with E-state index in [0.29, 0.717) is 29.4 Å². The van der Waals surface area contributed by atoms with Gasteiger partial charge in [0.25, 0.3) is 0 Å². The van der Waals surface area contributed by atoms with Crippen molar-refractivity contribution in [1.82, 2.24) is 14.8 Å². The van der Waals surface area contributed by atoms with E-state index in [9.17, 15) is 9.59 Å². The maximum Gasteiger partial charge on any atom is 0.228 e. The normalized spacial score (nSPS) is 44.8. The summed E-state index contributed by atoms with van der Waals surface area (Å²) in [4.78, 5) is 37.1. The van der Waals surface area contributed by atoms with Crippen molar-refractivity contribution in [2.24, 2.45) is 50.2 Å². The van der Waals surface area contributed by atoms with Crippen molar-refractivity contribution in [3.8, 4) is 0 Å². The van der Waals surface area contributed by atoms with E-state index in [-0.39, 0.29) is 32.5 Å². The van der Waals surface area contributed by atoms with Gasteiger partial charge >= 0.3 is 0 Å². The van der Waals surface area contributed by atoms with Crippen LogP contribution in [0.15, 0.2) is 41.7 Å². The van der Waals surface area contributed by atoms with Gasteiger partial charge in [-0.05, 0) is 128 Å². The van der Waals surface area contributed by atoms with Crippen LogP contribution in [0.3, 0.4) is 0 Å². The van der Waals surface area contributed by atoms with Crippen LogP contribution in [-0.4, -0.2) is 59.7 Å². The Labute approximate surface area is 278 Å². The second kappa shape index (κ2) is 10.6. The molecular weight excluding hydrogens is 566 g/mol. The van der Waals surface area contributed by atoms with Crippen LogP contribution in [0.4, 0.5) is 0 Å². The third kappa shape index (κ3) is 4.52. The highest BCUT2D eigenvalue weighted by Crippen LogP contribution is 2.75. The molecule has 5 aliphatic carbocycles. The van der Waals surface area contributed by atoms with Crippen LogP contribution in [0.25, 0.3) is 6.08 Å². The highest BCUT2D eigenvalue weighted by Gasteiger charge is 2.68. The maximum atomic E-state index is 14.2. The summed E-state index contributed by atoms with van der Waals surface area (Å²) in [6.45, 7) is 20.8. The van der Waals surface area contributed by atoms with Gasteiger partial charge in [0.1, 0.15) is 0 Å². The summed E-state index contributed by atoms with van der Waals surface area (Å²) in [6.07, 6.45) is 18.4. The minimum Gasteiger partial charge on any atom is -0.340 e. The number of Topliss-reactive ketones (excluding diaryl/α,β-unsaturated/α-hetero) is 1. The Hall–Kier alpha value is -2.27. The lowest BCUT2D eigenvalue weighted by atomic mass is 9.33. The van der Waals surface area contributed by atoms with Gasteiger partial charge in [-0.1, -0.05) is 66.2 Å². The number of carbonyl (C=O) groups is 2. The molecule has 1 amide bonds. The molecule has 6 aliphatic rings. The van der Waals surface area contributed by atoms with Crippen LogP contribution in [0, 0.1) is 50.2 Å². The molecule has 5 fully saturated rings. The van der Waals surface area contributed by atoms with E-state index in [2.05, 4.69) is 88.5 Å². The third-order valence-corrected chi connectivity index (χ3v) is 15.8. The van der Waals surface area contributed by atoms with Crippen LogP contribution in [0.2, 0.25) is 0 Å². The molecule has 0 aromatic carbocycles. The van der Waals surface area contributed by atoms with E-state index >= 15 is 0 Å². The molecule has 0 spiro atoms. The molecule has 1 aromatic heterocycles. The molecule has 0 bridgehead atoms. The lowest BCUT2D eigenvalue weighted by Gasteiger charge is -2.71. The molecule has 0 unspecified atom stereocenters. The molecule has 7 rings (SSSR count). The van der Waals surface area contributed by atoms with E-state index in [1.165, 1.54) is 19.3 Å². The van der Waals surface area contributed by atoms with E-state index in [1.54, 1.807) is 11.8 Å². The Morgan fingerprint density at radius 3 is 2.35 bits per heavy atom. The van der Waals surface area contributed by atoms with Gasteiger partial charge in [0.15, 0.2) is 5.78 Å². The minimum atomic E-state index is -0.382. The number of amides is 1. The summed E-state index contributed by atoms with van der Waals surface area (Å²) < 4.78 is 0. The van der Waals surface area contributed by atoms with Crippen LogP contribution >= 0.6 is 0 Å². The van der Waals surface area contributed by atoms with Gasteiger partial charge in [-0.15, -0.1) is 0 Å². The van der Waals surface area contributed by atoms with E-state index in [0.717, 1.165) is 75.8 Å². The Bertz CT molecular complexity index is 1470. The number of pyridine rings is 1. The van der Waals surface area contributed by atoms with Gasteiger partial charge < -0.3 is 9.80 Å². The molecule has 5 heteroatoms. The molecule has 5 nitrogen and oxygen atoms in total. The molecule has 0 N–H and O–H groups in total. The Morgan fingerprint density at radius 1 is 0.935 bits per heavy atom. The number of fused-ring (bicyclic) bond motifs is 7. The number of aromatic nitrogens is 1. The molecule has 250 valence electrons. The van der Waals surface area contributed by atoms with Crippen molar-refractivity contribution < 1.29 is 9.59 Å². The number of hydrogen-bond donors (Lipinski definition) is 0. The first-order valence-corrected chi connectivity index (χ1v) is 18.4. The van der Waals surface area contributed by atoms with Crippen LogP contribution in [0.1, 0.15) is 112 Å². The number of rotatable bonds is 2. The summed E-state index contributed by atoms with van der Waals surface area (Å²) in [5.74, 6) is 2.10. The fraction of sp³-hybridized carbons (Fsp3) is 0.732. The summed E-state index contributed by atoms with van der Waals surface area (Å²) in [7, 11) is 2.17. The van der Waals surface area contributed by atoms with Crippen molar-refractivity contribution in [2.45, 2.75) is 106 Å². The number of nitrogens with zero attached hydrogens (tertiary/aromatic N) is 3. The minimum absolute atomic E-state index is 0.0444. The zero-order valence-electron chi connectivity index (χ0n) is 30.0. The highest BCUT2D eigenvalue weighted by atomic mass is 16.2. The molecule has 1 aliphatic heterocycles. The smallest absolute Gasteiger partial charge is 0.228 e. The topological polar surface area (TPSA) is 53.5 Å². The molecule has 1 aromatic rings. The van der Waals surface area contributed by atoms with Crippen molar-refractivity contribution in [3.63, 3.8) is 0 Å². The van der Waals surface area contributed by atoms with E-state index < -0.39 is 0 Å². The lowest BCUT2D eigenvalue weighted by Crippen LogP contribution is -2.64. The fourth-order valence-electron chi connectivity index (χ4n) is 12.6. The lowest BCUT2D eigenvalue weighted by molar-refractivity contribution is -0.178. The van der Waals surface area contributed by atoms with E-state index in [1.807, 2.05) is 12.3 Å². The zero-order chi connectivity index (χ0) is 32.9. The van der Waals surface area contributed by atoms with Gasteiger partial charge in [-0.2, -0.15) is 0 Å². The predicted molar refractivity (Wildman–Crippen MR) is 186 cm³/mol. The van der Waals surface area contributed by atoms with Gasteiger partial charge in [-0.25, -0.2) is 0 Å². The van der Waals surface area contributed by atoms with E-state index in [4.69, 9.17) is 0 Å². The fourth-order valence-corrected chi connectivity index (χ4v) is 12.6. The summed E-state index contributed by atoms with van der Waals surface area (Å²) >= 11 is 0. The first-order valence-electron chi connectivity index (χ1n) is 18.4. The van der Waals surface area contributed by atoms with Crippen molar-refractivity contribution in [2.75, 3.05) is 33.2 Å². The standard InChI is InChI=1S/C41H59N3O2/c1-36(2)32-13-14-41(7)33(39(32,5)25-29(34(36)45)24-28-10-9-19-42-27-28)12-11-30-31-26-38(4,35(46)44-22-20-43(8)21-23-44)16-15-37(31,3)17-18-40(30,41)6/h9-11,19,24,27,31-33H,12-18,20-23,25-26H2,1-8H3/b29-24-/t31-,32-,33+,37+,38-,39-,40+,41+/m0/s1.